The number of aliphatic hydroxyl groups is 1. The maximum atomic E-state index is 9.23. The molecule has 2 aromatic heterocycles. The normalized spacial score (nSPS) is 12.7. The molecule has 0 aliphatic carbocycles. The Morgan fingerprint density at radius 3 is 2.79 bits per heavy atom. The molecule has 2 aromatic rings. The van der Waals surface area contributed by atoms with Gasteiger partial charge >= 0.3 is 0 Å². The zero-order valence-corrected chi connectivity index (χ0v) is 7.71. The van der Waals surface area contributed by atoms with Gasteiger partial charge in [0.05, 0.1) is 6.20 Å². The fraction of sp³-hybridized carbons (Fsp3) is 0.200. The average molecular weight is 190 g/mol. The van der Waals surface area contributed by atoms with E-state index in [-0.39, 0.29) is 0 Å². The lowest BCUT2D eigenvalue weighted by molar-refractivity contribution is 0.170. The van der Waals surface area contributed by atoms with Crippen LogP contribution in [0.4, 0.5) is 0 Å². The molecule has 0 amide bonds. The molecule has 4 nitrogen and oxygen atoms in total. The van der Waals surface area contributed by atoms with Gasteiger partial charge in [0.1, 0.15) is 11.8 Å². The van der Waals surface area contributed by atoms with Crippen molar-refractivity contribution in [3.8, 4) is 11.6 Å². The van der Waals surface area contributed by atoms with Gasteiger partial charge in [0, 0.05) is 6.20 Å². The average Bonchev–Trinajstić information content (AvgIpc) is 2.68. The summed E-state index contributed by atoms with van der Waals surface area (Å²) in [5, 5.41) is 9.23. The van der Waals surface area contributed by atoms with Gasteiger partial charge < -0.3 is 9.52 Å². The number of hydrogen-bond acceptors (Lipinski definition) is 4. The van der Waals surface area contributed by atoms with E-state index in [0.29, 0.717) is 17.3 Å². The monoisotopic (exact) mass is 190 g/mol. The van der Waals surface area contributed by atoms with Crippen LogP contribution in [-0.2, 0) is 0 Å². The van der Waals surface area contributed by atoms with Gasteiger partial charge in [-0.2, -0.15) is 0 Å². The Bertz CT molecular complexity index is 409. The van der Waals surface area contributed by atoms with Crippen LogP contribution in [0.2, 0.25) is 0 Å². The highest BCUT2D eigenvalue weighted by Crippen LogP contribution is 2.19. The minimum absolute atomic E-state index is 0.432. The number of hydrogen-bond donors (Lipinski definition) is 1. The van der Waals surface area contributed by atoms with Gasteiger partial charge in [-0.25, -0.2) is 4.98 Å². The number of pyridine rings is 1. The zero-order valence-electron chi connectivity index (χ0n) is 7.71. The van der Waals surface area contributed by atoms with Gasteiger partial charge in [0.25, 0.3) is 0 Å². The van der Waals surface area contributed by atoms with Crippen molar-refractivity contribution in [1.82, 2.24) is 9.97 Å². The minimum Gasteiger partial charge on any atom is -0.437 e. The highest BCUT2D eigenvalue weighted by Gasteiger charge is 2.10. The van der Waals surface area contributed by atoms with Gasteiger partial charge in [-0.15, -0.1) is 0 Å². The highest BCUT2D eigenvalue weighted by molar-refractivity contribution is 5.45. The Balaban J connectivity index is 2.34. The first-order chi connectivity index (χ1) is 6.77. The molecule has 72 valence electrons. The first kappa shape index (κ1) is 8.90. The third-order valence-electron chi connectivity index (χ3n) is 1.82. The summed E-state index contributed by atoms with van der Waals surface area (Å²) in [6.45, 7) is 1.63. The van der Waals surface area contributed by atoms with Crippen LogP contribution in [0.3, 0.4) is 0 Å². The van der Waals surface area contributed by atoms with Crippen LogP contribution in [-0.4, -0.2) is 15.1 Å². The van der Waals surface area contributed by atoms with E-state index in [0.717, 1.165) is 0 Å². The lowest BCUT2D eigenvalue weighted by Crippen LogP contribution is -1.85. The molecular formula is C10H10N2O2. The predicted molar refractivity (Wildman–Crippen MR) is 50.4 cm³/mol. The second kappa shape index (κ2) is 3.59. The molecule has 14 heavy (non-hydrogen) atoms. The molecule has 1 unspecified atom stereocenters. The van der Waals surface area contributed by atoms with E-state index >= 15 is 0 Å². The largest absolute Gasteiger partial charge is 0.437 e. The van der Waals surface area contributed by atoms with Gasteiger partial charge in [0.2, 0.25) is 5.89 Å². The molecule has 0 radical (unpaired) electrons. The molecule has 0 saturated heterocycles. The van der Waals surface area contributed by atoms with Crippen molar-refractivity contribution in [2.45, 2.75) is 13.0 Å². The zero-order chi connectivity index (χ0) is 9.97. The van der Waals surface area contributed by atoms with E-state index in [4.69, 9.17) is 4.42 Å². The van der Waals surface area contributed by atoms with Gasteiger partial charge in [-0.1, -0.05) is 6.07 Å². The maximum Gasteiger partial charge on any atom is 0.245 e. The van der Waals surface area contributed by atoms with Crippen molar-refractivity contribution in [1.29, 1.82) is 0 Å². The molecule has 0 aliphatic heterocycles. The van der Waals surface area contributed by atoms with E-state index in [1.165, 1.54) is 6.20 Å². The van der Waals surface area contributed by atoms with E-state index < -0.39 is 6.10 Å². The van der Waals surface area contributed by atoms with Crippen molar-refractivity contribution < 1.29 is 9.52 Å². The molecule has 0 bridgehead atoms. The summed E-state index contributed by atoms with van der Waals surface area (Å²) in [5.74, 6) is 0.882. The topological polar surface area (TPSA) is 59.2 Å². The van der Waals surface area contributed by atoms with Crippen molar-refractivity contribution in [3.63, 3.8) is 0 Å². The molecule has 2 rings (SSSR count). The first-order valence-corrected chi connectivity index (χ1v) is 4.32. The third-order valence-corrected chi connectivity index (χ3v) is 1.82. The molecule has 0 spiro atoms. The standard InChI is InChI=1S/C10H10N2O2/c1-7(13)9-6-12-10(14-9)8-4-2-3-5-11-8/h2-7,13H,1H3. The lowest BCUT2D eigenvalue weighted by Gasteiger charge is -1.96. The Hall–Kier alpha value is -1.68. The van der Waals surface area contributed by atoms with Crippen molar-refractivity contribution in [2.24, 2.45) is 0 Å². The van der Waals surface area contributed by atoms with E-state index in [1.807, 2.05) is 12.1 Å². The van der Waals surface area contributed by atoms with Crippen LogP contribution in [0.25, 0.3) is 11.6 Å². The number of nitrogens with zero attached hydrogens (tertiary/aromatic N) is 2. The summed E-state index contributed by atoms with van der Waals surface area (Å²) in [7, 11) is 0. The minimum atomic E-state index is -0.639. The van der Waals surface area contributed by atoms with Crippen LogP contribution in [0.15, 0.2) is 35.0 Å². The summed E-state index contributed by atoms with van der Waals surface area (Å²) >= 11 is 0. The number of aromatic nitrogens is 2. The number of rotatable bonds is 2. The molecule has 4 heteroatoms. The van der Waals surface area contributed by atoms with E-state index in [9.17, 15) is 5.11 Å². The predicted octanol–water partition coefficient (Wildman–Crippen LogP) is 1.79. The maximum absolute atomic E-state index is 9.23. The van der Waals surface area contributed by atoms with Crippen LogP contribution in [0, 0.1) is 0 Å². The SMILES string of the molecule is CC(O)c1cnc(-c2ccccn2)o1. The molecule has 2 heterocycles. The van der Waals surface area contributed by atoms with Crippen LogP contribution >= 0.6 is 0 Å². The fourth-order valence-corrected chi connectivity index (χ4v) is 1.09. The quantitative estimate of drug-likeness (QED) is 0.784. The first-order valence-electron chi connectivity index (χ1n) is 4.32. The Morgan fingerprint density at radius 2 is 2.21 bits per heavy atom. The third kappa shape index (κ3) is 1.65. The van der Waals surface area contributed by atoms with Gasteiger partial charge in [0.15, 0.2) is 5.76 Å². The Labute approximate surface area is 81.2 Å². The molecule has 1 N–H and O–H groups in total. The Morgan fingerprint density at radius 1 is 1.36 bits per heavy atom. The second-order valence-corrected chi connectivity index (χ2v) is 2.96. The smallest absolute Gasteiger partial charge is 0.245 e. The van der Waals surface area contributed by atoms with E-state index in [1.54, 1.807) is 19.2 Å². The van der Waals surface area contributed by atoms with Crippen LogP contribution in [0.5, 0.6) is 0 Å². The molecule has 1 atom stereocenters. The summed E-state index contributed by atoms with van der Waals surface area (Å²) in [5.41, 5.74) is 0.666. The molecule has 0 fully saturated rings. The molecule has 0 aliphatic rings. The fourth-order valence-electron chi connectivity index (χ4n) is 1.09. The number of oxazole rings is 1. The van der Waals surface area contributed by atoms with Crippen molar-refractivity contribution in [3.05, 3.63) is 36.4 Å². The van der Waals surface area contributed by atoms with Crippen LogP contribution in [0.1, 0.15) is 18.8 Å². The number of aliphatic hydroxyl groups excluding tert-OH is 1. The van der Waals surface area contributed by atoms with Crippen molar-refractivity contribution in [2.75, 3.05) is 0 Å². The van der Waals surface area contributed by atoms with Crippen LogP contribution < -0.4 is 0 Å². The molecule has 0 aromatic carbocycles. The summed E-state index contributed by atoms with van der Waals surface area (Å²) < 4.78 is 5.31. The van der Waals surface area contributed by atoms with Crippen molar-refractivity contribution >= 4 is 0 Å². The highest BCUT2D eigenvalue weighted by atomic mass is 16.4. The Kier molecular flexibility index (Phi) is 2.28. The van der Waals surface area contributed by atoms with E-state index in [2.05, 4.69) is 9.97 Å². The summed E-state index contributed by atoms with van der Waals surface area (Å²) in [6.07, 6.45) is 2.54. The lowest BCUT2D eigenvalue weighted by atomic mass is 10.3. The second-order valence-electron chi connectivity index (χ2n) is 2.96. The summed E-state index contributed by atoms with van der Waals surface area (Å²) in [4.78, 5) is 8.10. The van der Waals surface area contributed by atoms with Gasteiger partial charge in [-0.3, -0.25) is 4.98 Å². The molecular weight excluding hydrogens is 180 g/mol. The van der Waals surface area contributed by atoms with Gasteiger partial charge in [-0.05, 0) is 19.1 Å². The summed E-state index contributed by atoms with van der Waals surface area (Å²) in [6, 6.07) is 5.48. The molecule has 0 saturated carbocycles.